The number of fused-ring (bicyclic) bond motifs is 1. The van der Waals surface area contributed by atoms with Gasteiger partial charge in [0.05, 0.1) is 12.4 Å². The van der Waals surface area contributed by atoms with E-state index in [0.29, 0.717) is 5.75 Å². The van der Waals surface area contributed by atoms with Crippen LogP contribution >= 0.6 is 27.7 Å². The minimum atomic E-state index is 0.157. The highest BCUT2D eigenvalue weighted by atomic mass is 79.9. The third kappa shape index (κ3) is 3.07. The average molecular weight is 349 g/mol. The number of carbonyl (C=O) groups is 1. The summed E-state index contributed by atoms with van der Waals surface area (Å²) in [6, 6.07) is 13.7. The van der Waals surface area contributed by atoms with Gasteiger partial charge < -0.3 is 4.74 Å². The summed E-state index contributed by atoms with van der Waals surface area (Å²) in [6.45, 7) is 0.722. The molecule has 1 aliphatic heterocycles. The second-order valence-corrected chi connectivity index (χ2v) is 6.55. The lowest BCUT2D eigenvalue weighted by Gasteiger charge is -2.04. The first-order chi connectivity index (χ1) is 9.72. The van der Waals surface area contributed by atoms with Gasteiger partial charge >= 0.3 is 0 Å². The van der Waals surface area contributed by atoms with Crippen LogP contribution in [-0.2, 0) is 6.42 Å². The highest BCUT2D eigenvalue weighted by molar-refractivity contribution is 9.10. The molecule has 0 atom stereocenters. The van der Waals surface area contributed by atoms with E-state index < -0.39 is 0 Å². The van der Waals surface area contributed by atoms with Gasteiger partial charge in [0.1, 0.15) is 5.75 Å². The van der Waals surface area contributed by atoms with E-state index in [1.807, 2.05) is 42.5 Å². The van der Waals surface area contributed by atoms with Crippen molar-refractivity contribution in [3.05, 3.63) is 58.1 Å². The van der Waals surface area contributed by atoms with Crippen molar-refractivity contribution in [1.29, 1.82) is 0 Å². The molecule has 0 spiro atoms. The van der Waals surface area contributed by atoms with Gasteiger partial charge in [0.15, 0.2) is 5.78 Å². The Morgan fingerprint density at radius 1 is 1.25 bits per heavy atom. The van der Waals surface area contributed by atoms with Crippen LogP contribution in [0.3, 0.4) is 0 Å². The standard InChI is InChI=1S/C16H13BrO2S/c17-13-2-1-3-14(9-13)20-10-15(18)11-4-5-16-12(8-11)6-7-19-16/h1-5,8-9H,6-7,10H2. The van der Waals surface area contributed by atoms with Crippen LogP contribution in [0.15, 0.2) is 51.8 Å². The number of ketones is 1. The summed E-state index contributed by atoms with van der Waals surface area (Å²) in [5, 5.41) is 0. The summed E-state index contributed by atoms with van der Waals surface area (Å²) >= 11 is 5.00. The number of halogens is 1. The number of carbonyl (C=O) groups excluding carboxylic acids is 1. The van der Waals surface area contributed by atoms with Gasteiger partial charge in [0.25, 0.3) is 0 Å². The summed E-state index contributed by atoms with van der Waals surface area (Å²) < 4.78 is 6.49. The number of thioether (sulfide) groups is 1. The summed E-state index contributed by atoms with van der Waals surface area (Å²) in [4.78, 5) is 13.3. The lowest BCUT2D eigenvalue weighted by atomic mass is 10.1. The first-order valence-electron chi connectivity index (χ1n) is 6.40. The van der Waals surface area contributed by atoms with Crippen LogP contribution in [0.1, 0.15) is 15.9 Å². The monoisotopic (exact) mass is 348 g/mol. The van der Waals surface area contributed by atoms with Crippen molar-refractivity contribution >= 4 is 33.5 Å². The summed E-state index contributed by atoms with van der Waals surface area (Å²) in [6.07, 6.45) is 0.898. The highest BCUT2D eigenvalue weighted by Gasteiger charge is 2.15. The fourth-order valence-corrected chi connectivity index (χ4v) is 3.55. The molecule has 0 saturated carbocycles. The summed E-state index contributed by atoms with van der Waals surface area (Å²) in [5.74, 6) is 1.53. The van der Waals surface area contributed by atoms with E-state index in [0.717, 1.165) is 39.3 Å². The van der Waals surface area contributed by atoms with Gasteiger partial charge in [0, 0.05) is 21.4 Å². The van der Waals surface area contributed by atoms with E-state index in [2.05, 4.69) is 15.9 Å². The number of rotatable bonds is 4. The zero-order valence-corrected chi connectivity index (χ0v) is 13.2. The first-order valence-corrected chi connectivity index (χ1v) is 8.17. The van der Waals surface area contributed by atoms with Crippen molar-refractivity contribution in [2.45, 2.75) is 11.3 Å². The Balaban J connectivity index is 1.67. The Morgan fingerprint density at radius 2 is 2.15 bits per heavy atom. The molecule has 0 fully saturated rings. The predicted octanol–water partition coefficient (Wildman–Crippen LogP) is 4.36. The van der Waals surface area contributed by atoms with E-state index in [1.54, 1.807) is 11.8 Å². The smallest absolute Gasteiger partial charge is 0.173 e. The van der Waals surface area contributed by atoms with Gasteiger partial charge in [-0.15, -0.1) is 11.8 Å². The molecule has 0 aromatic heterocycles. The fraction of sp³-hybridized carbons (Fsp3) is 0.188. The zero-order chi connectivity index (χ0) is 13.9. The molecule has 0 radical (unpaired) electrons. The molecule has 0 aliphatic carbocycles. The Labute approximate surface area is 130 Å². The van der Waals surface area contributed by atoms with Gasteiger partial charge in [0.2, 0.25) is 0 Å². The Morgan fingerprint density at radius 3 is 3.00 bits per heavy atom. The molecule has 2 nitrogen and oxygen atoms in total. The van der Waals surface area contributed by atoms with Crippen LogP contribution < -0.4 is 4.74 Å². The zero-order valence-electron chi connectivity index (χ0n) is 10.8. The minimum Gasteiger partial charge on any atom is -0.493 e. The van der Waals surface area contributed by atoms with Crippen LogP contribution in [0.4, 0.5) is 0 Å². The molecule has 0 unspecified atom stereocenters. The lowest BCUT2D eigenvalue weighted by molar-refractivity contribution is 0.102. The second kappa shape index (κ2) is 6.02. The largest absolute Gasteiger partial charge is 0.493 e. The predicted molar refractivity (Wildman–Crippen MR) is 84.8 cm³/mol. The van der Waals surface area contributed by atoms with Crippen molar-refractivity contribution in [2.24, 2.45) is 0 Å². The quantitative estimate of drug-likeness (QED) is 0.606. The normalized spacial score (nSPS) is 12.8. The van der Waals surface area contributed by atoms with Gasteiger partial charge in [-0.05, 0) is 42.0 Å². The molecule has 0 bridgehead atoms. The van der Waals surface area contributed by atoms with Crippen molar-refractivity contribution in [3.63, 3.8) is 0 Å². The molecule has 102 valence electrons. The van der Waals surface area contributed by atoms with Crippen molar-refractivity contribution in [2.75, 3.05) is 12.4 Å². The molecule has 2 aromatic rings. The van der Waals surface area contributed by atoms with Crippen LogP contribution in [0, 0.1) is 0 Å². The molecule has 20 heavy (non-hydrogen) atoms. The number of hydrogen-bond donors (Lipinski definition) is 0. The maximum atomic E-state index is 12.2. The average Bonchev–Trinajstić information content (AvgIpc) is 2.92. The molecule has 4 heteroatoms. The third-order valence-electron chi connectivity index (χ3n) is 3.18. The van der Waals surface area contributed by atoms with E-state index in [-0.39, 0.29) is 5.78 Å². The molecule has 0 N–H and O–H groups in total. The summed E-state index contributed by atoms with van der Waals surface area (Å²) in [7, 11) is 0. The highest BCUT2D eigenvalue weighted by Crippen LogP contribution is 2.27. The molecule has 0 saturated heterocycles. The summed E-state index contributed by atoms with van der Waals surface area (Å²) in [5.41, 5.74) is 1.92. The van der Waals surface area contributed by atoms with E-state index >= 15 is 0 Å². The first kappa shape index (κ1) is 13.7. The van der Waals surface area contributed by atoms with Crippen LogP contribution in [0.25, 0.3) is 0 Å². The number of benzene rings is 2. The molecular formula is C16H13BrO2S. The van der Waals surface area contributed by atoms with Crippen molar-refractivity contribution in [3.8, 4) is 5.75 Å². The lowest BCUT2D eigenvalue weighted by Crippen LogP contribution is -2.02. The van der Waals surface area contributed by atoms with E-state index in [4.69, 9.17) is 4.74 Å². The van der Waals surface area contributed by atoms with E-state index in [1.165, 1.54) is 0 Å². The van der Waals surface area contributed by atoms with Crippen LogP contribution in [0.5, 0.6) is 5.75 Å². The molecule has 1 heterocycles. The number of Topliss-reactive ketones (excluding diaryl/α,β-unsaturated/α-hetero) is 1. The van der Waals surface area contributed by atoms with Crippen molar-refractivity contribution in [1.82, 2.24) is 0 Å². The second-order valence-electron chi connectivity index (χ2n) is 4.59. The number of hydrogen-bond acceptors (Lipinski definition) is 3. The van der Waals surface area contributed by atoms with Crippen LogP contribution in [0.2, 0.25) is 0 Å². The topological polar surface area (TPSA) is 26.3 Å². The number of ether oxygens (including phenoxy) is 1. The molecule has 0 amide bonds. The molecule has 2 aromatic carbocycles. The molecule has 3 rings (SSSR count). The minimum absolute atomic E-state index is 0.157. The van der Waals surface area contributed by atoms with Crippen molar-refractivity contribution < 1.29 is 9.53 Å². The Kier molecular flexibility index (Phi) is 4.13. The Bertz CT molecular complexity index is 655. The van der Waals surface area contributed by atoms with Gasteiger partial charge in [-0.25, -0.2) is 0 Å². The molecule has 1 aliphatic rings. The van der Waals surface area contributed by atoms with Crippen LogP contribution in [-0.4, -0.2) is 18.1 Å². The fourth-order valence-electron chi connectivity index (χ4n) is 2.15. The van der Waals surface area contributed by atoms with E-state index in [9.17, 15) is 4.79 Å². The van der Waals surface area contributed by atoms with Gasteiger partial charge in [-0.3, -0.25) is 4.79 Å². The van der Waals surface area contributed by atoms with Gasteiger partial charge in [-0.2, -0.15) is 0 Å². The third-order valence-corrected chi connectivity index (χ3v) is 4.66. The maximum Gasteiger partial charge on any atom is 0.173 e. The van der Waals surface area contributed by atoms with Gasteiger partial charge in [-0.1, -0.05) is 22.0 Å². The SMILES string of the molecule is O=C(CSc1cccc(Br)c1)c1ccc2c(c1)CCO2. The maximum absolute atomic E-state index is 12.2. The Hall–Kier alpha value is -1.26. The molecular weight excluding hydrogens is 336 g/mol.